The molecule has 1 aromatic heterocycles. The van der Waals surface area contributed by atoms with Gasteiger partial charge in [-0.05, 0) is 42.6 Å². The van der Waals surface area contributed by atoms with Gasteiger partial charge >= 0.3 is 0 Å². The highest BCUT2D eigenvalue weighted by atomic mass is 32.1. The van der Waals surface area contributed by atoms with Gasteiger partial charge in [0, 0.05) is 16.6 Å². The predicted octanol–water partition coefficient (Wildman–Crippen LogP) is 4.44. The number of fused-ring (bicyclic) bond motifs is 1. The van der Waals surface area contributed by atoms with Crippen LogP contribution in [0, 0.1) is 6.92 Å². The Bertz CT molecular complexity index is 938. The van der Waals surface area contributed by atoms with Crippen LogP contribution >= 0.6 is 11.3 Å². The highest BCUT2D eigenvalue weighted by Gasteiger charge is 2.21. The molecule has 5 nitrogen and oxygen atoms in total. The summed E-state index contributed by atoms with van der Waals surface area (Å²) in [5.41, 5.74) is 1.91. The quantitative estimate of drug-likeness (QED) is 0.619. The predicted molar refractivity (Wildman–Crippen MR) is 110 cm³/mol. The minimum absolute atomic E-state index is 0.0388. The van der Waals surface area contributed by atoms with Crippen molar-refractivity contribution in [3.63, 3.8) is 0 Å². The van der Waals surface area contributed by atoms with E-state index in [-0.39, 0.29) is 12.5 Å². The molecule has 0 saturated carbocycles. The van der Waals surface area contributed by atoms with E-state index < -0.39 is 0 Å². The Balaban J connectivity index is 1.54. The third-order valence-corrected chi connectivity index (χ3v) is 5.28. The topological polar surface area (TPSA) is 48.0 Å². The summed E-state index contributed by atoms with van der Waals surface area (Å²) in [7, 11) is 0. The molecular weight excluding hydrogens is 374 g/mol. The molecule has 0 bridgehead atoms. The van der Waals surface area contributed by atoms with E-state index in [1.807, 2.05) is 66.9 Å². The maximum absolute atomic E-state index is 13.0. The van der Waals surface area contributed by atoms with E-state index in [9.17, 15) is 4.79 Å². The molecule has 144 valence electrons. The Kier molecular flexibility index (Phi) is 5.48. The summed E-state index contributed by atoms with van der Waals surface area (Å²) < 4.78 is 17.0. The number of carbonyl (C=O) groups excluding carboxylic acids is 1. The number of ether oxygens (including phenoxy) is 3. The minimum atomic E-state index is -0.120. The van der Waals surface area contributed by atoms with Crippen molar-refractivity contribution in [3.8, 4) is 17.2 Å². The van der Waals surface area contributed by atoms with Crippen LogP contribution in [-0.2, 0) is 11.3 Å². The zero-order valence-corrected chi connectivity index (χ0v) is 16.4. The number of benzene rings is 2. The molecule has 1 aliphatic rings. The maximum atomic E-state index is 13.0. The van der Waals surface area contributed by atoms with Crippen LogP contribution < -0.4 is 19.1 Å². The largest absolute Gasteiger partial charge is 0.486 e. The summed E-state index contributed by atoms with van der Waals surface area (Å²) in [4.78, 5) is 15.8. The van der Waals surface area contributed by atoms with E-state index in [2.05, 4.69) is 0 Å². The van der Waals surface area contributed by atoms with Crippen LogP contribution in [-0.4, -0.2) is 25.7 Å². The second-order valence-corrected chi connectivity index (χ2v) is 7.52. The molecule has 0 fully saturated rings. The van der Waals surface area contributed by atoms with Crippen molar-refractivity contribution in [2.75, 3.05) is 24.7 Å². The van der Waals surface area contributed by atoms with E-state index in [4.69, 9.17) is 14.2 Å². The Morgan fingerprint density at radius 2 is 1.86 bits per heavy atom. The molecule has 0 N–H and O–H groups in total. The van der Waals surface area contributed by atoms with Gasteiger partial charge in [-0.1, -0.05) is 23.8 Å². The maximum Gasteiger partial charge on any atom is 0.265 e. The first-order valence-corrected chi connectivity index (χ1v) is 9.99. The second kappa shape index (κ2) is 8.35. The molecule has 2 aromatic carbocycles. The molecule has 3 aromatic rings. The molecule has 6 heteroatoms. The molecule has 0 spiro atoms. The van der Waals surface area contributed by atoms with Crippen LogP contribution in [0.25, 0.3) is 0 Å². The summed E-state index contributed by atoms with van der Waals surface area (Å²) in [6.45, 7) is 3.50. The lowest BCUT2D eigenvalue weighted by atomic mass is 10.2. The highest BCUT2D eigenvalue weighted by Crippen LogP contribution is 2.34. The lowest BCUT2D eigenvalue weighted by Gasteiger charge is -2.25. The van der Waals surface area contributed by atoms with E-state index in [1.54, 1.807) is 16.2 Å². The van der Waals surface area contributed by atoms with Crippen molar-refractivity contribution in [3.05, 3.63) is 70.4 Å². The summed E-state index contributed by atoms with van der Waals surface area (Å²) in [5.74, 6) is 1.92. The van der Waals surface area contributed by atoms with Gasteiger partial charge in [0.15, 0.2) is 18.1 Å². The van der Waals surface area contributed by atoms with Crippen molar-refractivity contribution in [2.24, 2.45) is 0 Å². The molecule has 1 amide bonds. The molecule has 4 rings (SSSR count). The number of carbonyl (C=O) groups is 1. The van der Waals surface area contributed by atoms with Crippen molar-refractivity contribution < 1.29 is 19.0 Å². The van der Waals surface area contributed by atoms with Crippen LogP contribution in [0.1, 0.15) is 10.4 Å². The zero-order chi connectivity index (χ0) is 19.3. The van der Waals surface area contributed by atoms with Gasteiger partial charge < -0.3 is 19.1 Å². The Morgan fingerprint density at radius 3 is 2.61 bits per heavy atom. The van der Waals surface area contributed by atoms with E-state index in [0.717, 1.165) is 16.1 Å². The summed E-state index contributed by atoms with van der Waals surface area (Å²) in [6, 6.07) is 17.2. The number of hydrogen-bond acceptors (Lipinski definition) is 5. The Labute approximate surface area is 168 Å². The fourth-order valence-corrected chi connectivity index (χ4v) is 3.63. The van der Waals surface area contributed by atoms with E-state index >= 15 is 0 Å². The van der Waals surface area contributed by atoms with Crippen LogP contribution in [0.3, 0.4) is 0 Å². The number of thiophene rings is 1. The average Bonchev–Trinajstić information content (AvgIpc) is 3.24. The smallest absolute Gasteiger partial charge is 0.265 e. The summed E-state index contributed by atoms with van der Waals surface area (Å²) in [5, 5.41) is 2.00. The first-order valence-electron chi connectivity index (χ1n) is 9.11. The standard InChI is InChI=1S/C22H21NO4S/c1-16-4-7-18(8-5-16)27-15-22(24)23(14-19-3-2-12-28-19)17-6-9-20-21(13-17)26-11-10-25-20/h2-9,12-13H,10-11,14-15H2,1H3. The third-order valence-electron chi connectivity index (χ3n) is 4.42. The number of rotatable bonds is 6. The normalized spacial score (nSPS) is 12.5. The van der Waals surface area contributed by atoms with E-state index in [1.165, 1.54) is 0 Å². The van der Waals surface area contributed by atoms with Crippen molar-refractivity contribution in [2.45, 2.75) is 13.5 Å². The van der Waals surface area contributed by atoms with Crippen LogP contribution in [0.4, 0.5) is 5.69 Å². The Hall–Kier alpha value is -2.99. The first kappa shape index (κ1) is 18.4. The lowest BCUT2D eigenvalue weighted by Crippen LogP contribution is -2.34. The summed E-state index contributed by atoms with van der Waals surface area (Å²) in [6.07, 6.45) is 0. The molecule has 2 heterocycles. The van der Waals surface area contributed by atoms with Gasteiger partial charge in [-0.2, -0.15) is 0 Å². The minimum Gasteiger partial charge on any atom is -0.486 e. The third kappa shape index (κ3) is 4.28. The zero-order valence-electron chi connectivity index (χ0n) is 15.6. The van der Waals surface area contributed by atoms with Crippen molar-refractivity contribution in [1.82, 2.24) is 0 Å². The summed E-state index contributed by atoms with van der Waals surface area (Å²) >= 11 is 1.62. The van der Waals surface area contributed by atoms with Gasteiger partial charge in [-0.15, -0.1) is 11.3 Å². The molecule has 0 aliphatic carbocycles. The van der Waals surface area contributed by atoms with Gasteiger partial charge in [-0.3, -0.25) is 4.79 Å². The fraction of sp³-hybridized carbons (Fsp3) is 0.227. The number of nitrogens with zero attached hydrogens (tertiary/aromatic N) is 1. The number of amides is 1. The molecule has 0 saturated heterocycles. The van der Waals surface area contributed by atoms with E-state index in [0.29, 0.717) is 37.0 Å². The number of hydrogen-bond donors (Lipinski definition) is 0. The van der Waals surface area contributed by atoms with Crippen LogP contribution in [0.15, 0.2) is 60.0 Å². The second-order valence-electron chi connectivity index (χ2n) is 6.49. The monoisotopic (exact) mass is 395 g/mol. The van der Waals surface area contributed by atoms with Gasteiger partial charge in [0.25, 0.3) is 5.91 Å². The highest BCUT2D eigenvalue weighted by molar-refractivity contribution is 7.09. The molecule has 1 aliphatic heterocycles. The number of aryl methyl sites for hydroxylation is 1. The molecule has 0 atom stereocenters. The molecule has 0 radical (unpaired) electrons. The van der Waals surface area contributed by atoms with Crippen molar-refractivity contribution >= 4 is 22.9 Å². The van der Waals surface area contributed by atoms with Gasteiger partial charge in [0.1, 0.15) is 19.0 Å². The van der Waals surface area contributed by atoms with Gasteiger partial charge in [-0.25, -0.2) is 0 Å². The van der Waals surface area contributed by atoms with Crippen LogP contribution in [0.2, 0.25) is 0 Å². The number of anilines is 1. The average molecular weight is 395 g/mol. The lowest BCUT2D eigenvalue weighted by molar-refractivity contribution is -0.120. The van der Waals surface area contributed by atoms with Gasteiger partial charge in [0.2, 0.25) is 0 Å². The van der Waals surface area contributed by atoms with Crippen molar-refractivity contribution in [1.29, 1.82) is 0 Å². The first-order chi connectivity index (χ1) is 13.7. The molecule has 0 unspecified atom stereocenters. The van der Waals surface area contributed by atoms with Crippen LogP contribution in [0.5, 0.6) is 17.2 Å². The Morgan fingerprint density at radius 1 is 1.07 bits per heavy atom. The SMILES string of the molecule is Cc1ccc(OCC(=O)N(Cc2cccs2)c2ccc3c(c2)OCCO3)cc1. The molecule has 28 heavy (non-hydrogen) atoms. The molecular formula is C22H21NO4S. The fourth-order valence-electron chi connectivity index (χ4n) is 2.94. The van der Waals surface area contributed by atoms with Gasteiger partial charge in [0.05, 0.1) is 6.54 Å².